The summed E-state index contributed by atoms with van der Waals surface area (Å²) in [5.41, 5.74) is 5.70. The van der Waals surface area contributed by atoms with Crippen LogP contribution in [0.3, 0.4) is 0 Å². The number of rotatable bonds is 3. The van der Waals surface area contributed by atoms with Crippen LogP contribution in [0.25, 0.3) is 71.0 Å². The highest BCUT2D eigenvalue weighted by Crippen LogP contribution is 2.36. The van der Waals surface area contributed by atoms with E-state index >= 15 is 0 Å². The van der Waals surface area contributed by atoms with Gasteiger partial charge in [-0.3, -0.25) is 0 Å². The van der Waals surface area contributed by atoms with Crippen molar-refractivity contribution in [2.45, 2.75) is 0 Å². The Morgan fingerprint density at radius 1 is 0.526 bits per heavy atom. The maximum absolute atomic E-state index is 5.00. The van der Waals surface area contributed by atoms with Crippen LogP contribution >= 0.6 is 11.5 Å². The zero-order valence-electron chi connectivity index (χ0n) is 20.4. The molecule has 0 amide bonds. The van der Waals surface area contributed by atoms with E-state index in [2.05, 4.69) is 132 Å². The number of benzene rings is 6. The summed E-state index contributed by atoms with van der Waals surface area (Å²) in [6, 6.07) is 45.1. The molecule has 6 aromatic carbocycles. The molecule has 0 atom stereocenters. The highest BCUT2D eigenvalue weighted by atomic mass is 32.1. The Hall–Kier alpha value is -4.80. The molecule has 0 unspecified atom stereocenters. The Bertz CT molecular complexity index is 2080. The standard InChI is InChI=1S/C34H21N3S/c1-2-10-25-23(9-1)21-30(27-12-4-3-11-26(25)27)33-35-34(38-36-33)22-17-19-24(20-18-22)37-31-15-7-5-13-28(31)29-14-6-8-16-32(29)37/h1-21H. The summed E-state index contributed by atoms with van der Waals surface area (Å²) in [4.78, 5) is 5.00. The third-order valence-corrected chi connectivity index (χ3v) is 8.15. The van der Waals surface area contributed by atoms with E-state index in [1.807, 2.05) is 0 Å². The molecule has 0 aliphatic heterocycles. The van der Waals surface area contributed by atoms with Crippen LogP contribution in [0, 0.1) is 0 Å². The minimum atomic E-state index is 0.776. The minimum absolute atomic E-state index is 0.776. The molecule has 3 nitrogen and oxygen atoms in total. The van der Waals surface area contributed by atoms with Gasteiger partial charge in [0.25, 0.3) is 0 Å². The molecule has 0 fully saturated rings. The number of hydrogen-bond donors (Lipinski definition) is 0. The van der Waals surface area contributed by atoms with Crippen LogP contribution in [-0.4, -0.2) is 13.9 Å². The van der Waals surface area contributed by atoms with Gasteiger partial charge < -0.3 is 4.57 Å². The fourth-order valence-electron chi connectivity index (χ4n) is 5.64. The molecule has 2 aromatic heterocycles. The molecular weight excluding hydrogens is 482 g/mol. The predicted octanol–water partition coefficient (Wildman–Crippen LogP) is 9.28. The van der Waals surface area contributed by atoms with Gasteiger partial charge in [0.05, 0.1) is 11.0 Å². The molecule has 178 valence electrons. The van der Waals surface area contributed by atoms with E-state index in [9.17, 15) is 0 Å². The van der Waals surface area contributed by atoms with Crippen molar-refractivity contribution in [1.82, 2.24) is 13.9 Å². The van der Waals surface area contributed by atoms with Crippen molar-refractivity contribution in [1.29, 1.82) is 0 Å². The normalized spacial score (nSPS) is 11.7. The first-order valence-corrected chi connectivity index (χ1v) is 13.5. The molecule has 0 radical (unpaired) electrons. The molecule has 0 N–H and O–H groups in total. The van der Waals surface area contributed by atoms with Crippen LogP contribution in [-0.2, 0) is 0 Å². The molecule has 0 saturated heterocycles. The third kappa shape index (κ3) is 3.21. The lowest BCUT2D eigenvalue weighted by Gasteiger charge is -2.09. The van der Waals surface area contributed by atoms with Gasteiger partial charge in [0.2, 0.25) is 0 Å². The zero-order chi connectivity index (χ0) is 25.1. The Morgan fingerprint density at radius 2 is 1.11 bits per heavy atom. The molecule has 4 heteroatoms. The summed E-state index contributed by atoms with van der Waals surface area (Å²) in [6.07, 6.45) is 0. The number of fused-ring (bicyclic) bond motifs is 6. The van der Waals surface area contributed by atoms with Gasteiger partial charge in [-0.2, -0.15) is 4.37 Å². The van der Waals surface area contributed by atoms with Crippen molar-refractivity contribution >= 4 is 54.9 Å². The molecule has 0 bridgehead atoms. The second-order valence-corrected chi connectivity index (χ2v) is 10.3. The Balaban J connectivity index is 1.22. The summed E-state index contributed by atoms with van der Waals surface area (Å²) < 4.78 is 7.13. The molecular formula is C34H21N3S. The third-order valence-electron chi connectivity index (χ3n) is 7.39. The largest absolute Gasteiger partial charge is 0.309 e. The number of aromatic nitrogens is 3. The van der Waals surface area contributed by atoms with Gasteiger partial charge in [0.15, 0.2) is 5.82 Å². The average Bonchev–Trinajstić information content (AvgIpc) is 3.61. The van der Waals surface area contributed by atoms with Gasteiger partial charge in [-0.05, 0) is 75.5 Å². The Labute approximate surface area is 223 Å². The molecule has 8 rings (SSSR count). The Morgan fingerprint density at radius 3 is 1.82 bits per heavy atom. The monoisotopic (exact) mass is 503 g/mol. The lowest BCUT2D eigenvalue weighted by Crippen LogP contribution is -1.93. The van der Waals surface area contributed by atoms with E-state index in [4.69, 9.17) is 9.36 Å². The van der Waals surface area contributed by atoms with Crippen molar-refractivity contribution < 1.29 is 0 Å². The number of para-hydroxylation sites is 2. The van der Waals surface area contributed by atoms with Gasteiger partial charge in [-0.15, -0.1) is 0 Å². The second kappa shape index (κ2) is 8.37. The fourth-order valence-corrected chi connectivity index (χ4v) is 6.32. The number of nitrogens with zero attached hydrogens (tertiary/aromatic N) is 3. The summed E-state index contributed by atoms with van der Waals surface area (Å²) in [6.45, 7) is 0. The zero-order valence-corrected chi connectivity index (χ0v) is 21.2. The van der Waals surface area contributed by atoms with E-state index < -0.39 is 0 Å². The SMILES string of the molecule is c1ccc2c(c1)cc(-c1nsc(-c3ccc(-n4c5ccccc5c5ccccc54)cc3)n1)c1ccccc12. The Kier molecular flexibility index (Phi) is 4.69. The number of hydrogen-bond acceptors (Lipinski definition) is 3. The maximum Gasteiger partial charge on any atom is 0.174 e. The summed E-state index contributed by atoms with van der Waals surface area (Å²) in [5, 5.41) is 8.32. The highest BCUT2D eigenvalue weighted by Gasteiger charge is 2.15. The van der Waals surface area contributed by atoms with Crippen LogP contribution < -0.4 is 0 Å². The fraction of sp³-hybridized carbons (Fsp3) is 0. The minimum Gasteiger partial charge on any atom is -0.309 e. The van der Waals surface area contributed by atoms with Crippen LogP contribution in [0.2, 0.25) is 0 Å². The molecule has 38 heavy (non-hydrogen) atoms. The van der Waals surface area contributed by atoms with Gasteiger partial charge in [-0.1, -0.05) is 84.9 Å². The second-order valence-electron chi connectivity index (χ2n) is 9.53. The topological polar surface area (TPSA) is 30.7 Å². The first-order chi connectivity index (χ1) is 18.8. The van der Waals surface area contributed by atoms with Crippen molar-refractivity contribution in [3.05, 3.63) is 127 Å². The van der Waals surface area contributed by atoms with Gasteiger partial charge in [0.1, 0.15) is 5.01 Å². The van der Waals surface area contributed by atoms with E-state index in [0.717, 1.165) is 27.6 Å². The summed E-state index contributed by atoms with van der Waals surface area (Å²) >= 11 is 1.45. The van der Waals surface area contributed by atoms with Crippen LogP contribution in [0.15, 0.2) is 127 Å². The molecule has 0 spiro atoms. The first-order valence-electron chi connectivity index (χ1n) is 12.7. The van der Waals surface area contributed by atoms with Gasteiger partial charge in [-0.25, -0.2) is 4.98 Å². The molecule has 0 saturated carbocycles. The van der Waals surface area contributed by atoms with Gasteiger partial charge in [0, 0.05) is 27.6 Å². The molecule has 2 heterocycles. The van der Waals surface area contributed by atoms with Crippen LogP contribution in [0.4, 0.5) is 0 Å². The van der Waals surface area contributed by atoms with Crippen LogP contribution in [0.1, 0.15) is 0 Å². The lowest BCUT2D eigenvalue weighted by molar-refractivity contribution is 1.18. The lowest BCUT2D eigenvalue weighted by atomic mass is 9.97. The van der Waals surface area contributed by atoms with E-state index in [-0.39, 0.29) is 0 Å². The van der Waals surface area contributed by atoms with Crippen LogP contribution in [0.5, 0.6) is 0 Å². The van der Waals surface area contributed by atoms with Crippen molar-refractivity contribution in [2.24, 2.45) is 0 Å². The quantitative estimate of drug-likeness (QED) is 0.225. The summed E-state index contributed by atoms with van der Waals surface area (Å²) in [7, 11) is 0. The van der Waals surface area contributed by atoms with E-state index in [1.54, 1.807) is 0 Å². The van der Waals surface area contributed by atoms with Crippen molar-refractivity contribution in [3.8, 4) is 27.6 Å². The maximum atomic E-state index is 5.00. The van der Waals surface area contributed by atoms with Gasteiger partial charge >= 0.3 is 0 Å². The van der Waals surface area contributed by atoms with E-state index in [1.165, 1.54) is 54.9 Å². The predicted molar refractivity (Wildman–Crippen MR) is 160 cm³/mol. The summed E-state index contributed by atoms with van der Waals surface area (Å²) in [5.74, 6) is 0.776. The average molecular weight is 504 g/mol. The van der Waals surface area contributed by atoms with Crippen molar-refractivity contribution in [2.75, 3.05) is 0 Å². The first kappa shape index (κ1) is 21.3. The molecule has 8 aromatic rings. The van der Waals surface area contributed by atoms with Crippen molar-refractivity contribution in [3.63, 3.8) is 0 Å². The molecule has 0 aliphatic rings. The molecule has 0 aliphatic carbocycles. The van der Waals surface area contributed by atoms with E-state index in [0.29, 0.717) is 0 Å². The highest BCUT2D eigenvalue weighted by molar-refractivity contribution is 7.09. The smallest absolute Gasteiger partial charge is 0.174 e.